The van der Waals surface area contributed by atoms with E-state index in [0.29, 0.717) is 6.42 Å². The second-order valence-corrected chi connectivity index (χ2v) is 5.65. The van der Waals surface area contributed by atoms with Crippen LogP contribution in [0.15, 0.2) is 0 Å². The maximum atomic E-state index is 11.1. The third-order valence-corrected chi connectivity index (χ3v) is 4.04. The van der Waals surface area contributed by atoms with E-state index in [2.05, 4.69) is 0 Å². The molecule has 5 nitrogen and oxygen atoms in total. The van der Waals surface area contributed by atoms with Crippen molar-refractivity contribution in [1.82, 2.24) is 0 Å². The summed E-state index contributed by atoms with van der Waals surface area (Å²) in [6, 6.07) is -0.519. The van der Waals surface area contributed by atoms with E-state index in [1.165, 1.54) is 0 Å². The van der Waals surface area contributed by atoms with Gasteiger partial charge in [-0.1, -0.05) is 0 Å². The molecule has 0 spiro atoms. The van der Waals surface area contributed by atoms with Gasteiger partial charge in [-0.2, -0.15) is 0 Å². The molecule has 0 aromatic carbocycles. The first-order valence-electron chi connectivity index (χ1n) is 4.08. The van der Waals surface area contributed by atoms with Crippen molar-refractivity contribution in [2.45, 2.75) is 18.9 Å². The fourth-order valence-electron chi connectivity index (χ4n) is 1.54. The highest BCUT2D eigenvalue weighted by molar-refractivity contribution is 7.91. The minimum atomic E-state index is -3.02. The molecule has 0 unspecified atom stereocenters. The van der Waals surface area contributed by atoms with Gasteiger partial charge in [-0.15, -0.1) is 0 Å². The van der Waals surface area contributed by atoms with E-state index in [9.17, 15) is 13.2 Å². The van der Waals surface area contributed by atoms with Crippen molar-refractivity contribution in [3.63, 3.8) is 0 Å². The van der Waals surface area contributed by atoms with Crippen LogP contribution < -0.4 is 5.73 Å². The van der Waals surface area contributed by atoms with Crippen LogP contribution >= 0.6 is 0 Å². The van der Waals surface area contributed by atoms with Gasteiger partial charge in [0.15, 0.2) is 9.84 Å². The SMILES string of the molecule is N[C@H]1CS(=O)(=O)CC[C@H]1CC(=O)O. The predicted molar refractivity (Wildman–Crippen MR) is 47.0 cm³/mol. The van der Waals surface area contributed by atoms with Gasteiger partial charge in [0.25, 0.3) is 0 Å². The Morgan fingerprint density at radius 2 is 2.15 bits per heavy atom. The lowest BCUT2D eigenvalue weighted by atomic mass is 9.95. The molecule has 1 fully saturated rings. The Labute approximate surface area is 76.8 Å². The highest BCUT2D eigenvalue weighted by atomic mass is 32.2. The molecule has 0 amide bonds. The van der Waals surface area contributed by atoms with E-state index >= 15 is 0 Å². The van der Waals surface area contributed by atoms with Crippen molar-refractivity contribution in [3.05, 3.63) is 0 Å². The van der Waals surface area contributed by atoms with Crippen LogP contribution in [-0.2, 0) is 14.6 Å². The number of nitrogens with two attached hydrogens (primary N) is 1. The molecule has 3 N–H and O–H groups in total. The van der Waals surface area contributed by atoms with Crippen molar-refractivity contribution in [2.75, 3.05) is 11.5 Å². The van der Waals surface area contributed by atoms with Crippen molar-refractivity contribution >= 4 is 15.8 Å². The highest BCUT2D eigenvalue weighted by Gasteiger charge is 2.31. The molecular weight excluding hydrogens is 194 g/mol. The summed E-state index contributed by atoms with van der Waals surface area (Å²) < 4.78 is 22.1. The molecular formula is C7H13NO4S. The fourth-order valence-corrected chi connectivity index (χ4v) is 3.22. The second kappa shape index (κ2) is 3.63. The Hall–Kier alpha value is -0.620. The second-order valence-electron chi connectivity index (χ2n) is 3.42. The maximum Gasteiger partial charge on any atom is 0.303 e. The van der Waals surface area contributed by atoms with Gasteiger partial charge in [-0.25, -0.2) is 8.42 Å². The smallest absolute Gasteiger partial charge is 0.303 e. The minimum Gasteiger partial charge on any atom is -0.481 e. The summed E-state index contributed by atoms with van der Waals surface area (Å²) >= 11 is 0. The largest absolute Gasteiger partial charge is 0.481 e. The highest BCUT2D eigenvalue weighted by Crippen LogP contribution is 2.20. The first-order chi connectivity index (χ1) is 5.91. The van der Waals surface area contributed by atoms with Gasteiger partial charge in [-0.05, 0) is 12.3 Å². The average molecular weight is 207 g/mol. The summed E-state index contributed by atoms with van der Waals surface area (Å²) in [5.41, 5.74) is 5.56. The molecule has 1 aliphatic heterocycles. The van der Waals surface area contributed by atoms with E-state index in [1.807, 2.05) is 0 Å². The number of carbonyl (C=O) groups is 1. The van der Waals surface area contributed by atoms with E-state index in [4.69, 9.17) is 10.8 Å². The summed E-state index contributed by atoms with van der Waals surface area (Å²) in [6.07, 6.45) is 0.340. The van der Waals surface area contributed by atoms with Gasteiger partial charge in [0.2, 0.25) is 0 Å². The normalized spacial score (nSPS) is 32.7. The molecule has 76 valence electrons. The molecule has 1 rings (SSSR count). The summed E-state index contributed by atoms with van der Waals surface area (Å²) in [5, 5.41) is 8.51. The van der Waals surface area contributed by atoms with Crippen LogP contribution in [0.3, 0.4) is 0 Å². The monoisotopic (exact) mass is 207 g/mol. The fraction of sp³-hybridized carbons (Fsp3) is 0.857. The Balaban J connectivity index is 2.59. The van der Waals surface area contributed by atoms with Crippen LogP contribution in [0.1, 0.15) is 12.8 Å². The molecule has 13 heavy (non-hydrogen) atoms. The summed E-state index contributed by atoms with van der Waals surface area (Å²) in [7, 11) is -3.02. The summed E-state index contributed by atoms with van der Waals surface area (Å²) in [4.78, 5) is 10.4. The molecule has 0 aliphatic carbocycles. The van der Waals surface area contributed by atoms with Crippen LogP contribution in [0.25, 0.3) is 0 Å². The van der Waals surface area contributed by atoms with Gasteiger partial charge < -0.3 is 10.8 Å². The number of sulfone groups is 1. The number of hydrogen-bond acceptors (Lipinski definition) is 4. The van der Waals surface area contributed by atoms with Crippen molar-refractivity contribution in [1.29, 1.82) is 0 Å². The first kappa shape index (κ1) is 10.5. The Kier molecular flexibility index (Phi) is 2.92. The zero-order valence-corrected chi connectivity index (χ0v) is 7.96. The molecule has 0 aromatic heterocycles. The lowest BCUT2D eigenvalue weighted by Gasteiger charge is -2.26. The third kappa shape index (κ3) is 2.96. The average Bonchev–Trinajstić information content (AvgIpc) is 1.93. The van der Waals surface area contributed by atoms with Gasteiger partial charge in [-0.3, -0.25) is 4.79 Å². The van der Waals surface area contributed by atoms with Crippen molar-refractivity contribution < 1.29 is 18.3 Å². The molecule has 0 radical (unpaired) electrons. The summed E-state index contributed by atoms with van der Waals surface area (Å²) in [6.45, 7) is 0. The number of rotatable bonds is 2. The van der Waals surface area contributed by atoms with Gasteiger partial charge in [0.05, 0.1) is 11.5 Å². The van der Waals surface area contributed by atoms with Gasteiger partial charge in [0.1, 0.15) is 0 Å². The lowest BCUT2D eigenvalue weighted by Crippen LogP contribution is -2.43. The molecule has 1 heterocycles. The quantitative estimate of drug-likeness (QED) is 0.619. The molecule has 0 aromatic rings. The Morgan fingerprint density at radius 1 is 1.54 bits per heavy atom. The van der Waals surface area contributed by atoms with Crippen molar-refractivity contribution in [3.8, 4) is 0 Å². The Bertz CT molecular complexity index is 298. The molecule has 1 aliphatic rings. The predicted octanol–water partition coefficient (Wildman–Crippen LogP) is -0.777. The van der Waals surface area contributed by atoms with Crippen LogP contribution in [0, 0.1) is 5.92 Å². The molecule has 2 atom stereocenters. The third-order valence-electron chi connectivity index (χ3n) is 2.29. The van der Waals surface area contributed by atoms with E-state index in [1.54, 1.807) is 0 Å². The zero-order chi connectivity index (χ0) is 10.1. The molecule has 0 bridgehead atoms. The molecule has 0 saturated carbocycles. The van der Waals surface area contributed by atoms with Gasteiger partial charge >= 0.3 is 5.97 Å². The lowest BCUT2D eigenvalue weighted by molar-refractivity contribution is -0.138. The van der Waals surface area contributed by atoms with Crippen LogP contribution in [0.4, 0.5) is 0 Å². The number of hydrogen-bond donors (Lipinski definition) is 2. The van der Waals surface area contributed by atoms with Crippen LogP contribution in [0.2, 0.25) is 0 Å². The first-order valence-corrected chi connectivity index (χ1v) is 5.90. The van der Waals surface area contributed by atoms with E-state index in [-0.39, 0.29) is 23.8 Å². The maximum absolute atomic E-state index is 11.1. The number of aliphatic carboxylic acids is 1. The minimum absolute atomic E-state index is 0.0311. The Morgan fingerprint density at radius 3 is 2.62 bits per heavy atom. The van der Waals surface area contributed by atoms with E-state index in [0.717, 1.165) is 0 Å². The molecule has 1 saturated heterocycles. The standard InChI is InChI=1S/C7H13NO4S/c8-6-4-13(11,12)2-1-5(6)3-7(9)10/h5-6H,1-4,8H2,(H,9,10)/t5-,6-/m0/s1. The van der Waals surface area contributed by atoms with Crippen LogP contribution in [0.5, 0.6) is 0 Å². The topological polar surface area (TPSA) is 97.5 Å². The van der Waals surface area contributed by atoms with Crippen LogP contribution in [-0.4, -0.2) is 37.0 Å². The van der Waals surface area contributed by atoms with Crippen molar-refractivity contribution in [2.24, 2.45) is 11.7 Å². The zero-order valence-electron chi connectivity index (χ0n) is 7.14. The number of carboxylic acid groups (broad SMARTS) is 1. The summed E-state index contributed by atoms with van der Waals surface area (Å²) in [5.74, 6) is -1.12. The molecule has 6 heteroatoms. The van der Waals surface area contributed by atoms with E-state index < -0.39 is 21.8 Å². The van der Waals surface area contributed by atoms with Gasteiger partial charge in [0, 0.05) is 12.5 Å². The number of carboxylic acids is 1.